The third kappa shape index (κ3) is 3.59. The maximum atomic E-state index is 4.33. The fourth-order valence-electron chi connectivity index (χ4n) is 2.80. The maximum absolute atomic E-state index is 4.33. The minimum atomic E-state index is 0.715. The first-order valence-corrected chi connectivity index (χ1v) is 8.94. The van der Waals surface area contributed by atoms with E-state index < -0.39 is 0 Å². The molecule has 0 bridgehead atoms. The van der Waals surface area contributed by atoms with Crippen LogP contribution in [0, 0.1) is 19.8 Å². The summed E-state index contributed by atoms with van der Waals surface area (Å²) in [7, 11) is 2.21. The van der Waals surface area contributed by atoms with Crippen LogP contribution in [0.15, 0.2) is 5.51 Å². The van der Waals surface area contributed by atoms with Crippen LogP contribution in [0.4, 0.5) is 5.13 Å². The van der Waals surface area contributed by atoms with Crippen LogP contribution >= 0.6 is 22.7 Å². The van der Waals surface area contributed by atoms with Crippen LogP contribution in [-0.2, 0) is 6.54 Å². The van der Waals surface area contributed by atoms with Gasteiger partial charge in [-0.2, -0.15) is 0 Å². The first-order chi connectivity index (χ1) is 10.1. The van der Waals surface area contributed by atoms with Crippen molar-refractivity contribution in [2.75, 3.05) is 31.6 Å². The standard InChI is InChI=1S/C14H21N5S2/c1-10-13(20-9-15-10)8-18(3)6-12-4-5-19(7-12)14-17-16-11(2)21-14/h9,12H,4-8H2,1-3H3/t12-/m1/s1. The van der Waals surface area contributed by atoms with Gasteiger partial charge in [0.15, 0.2) is 0 Å². The van der Waals surface area contributed by atoms with Crippen molar-refractivity contribution in [1.82, 2.24) is 20.1 Å². The predicted molar refractivity (Wildman–Crippen MR) is 88.2 cm³/mol. The van der Waals surface area contributed by atoms with Gasteiger partial charge in [0.25, 0.3) is 0 Å². The Bertz CT molecular complexity index is 594. The number of hydrogen-bond acceptors (Lipinski definition) is 7. The van der Waals surface area contributed by atoms with E-state index in [0.717, 1.165) is 36.3 Å². The number of hydrogen-bond donors (Lipinski definition) is 0. The Kier molecular flexibility index (Phi) is 4.51. The van der Waals surface area contributed by atoms with Crippen molar-refractivity contribution in [2.24, 2.45) is 5.92 Å². The van der Waals surface area contributed by atoms with Gasteiger partial charge in [0.1, 0.15) is 5.01 Å². The second-order valence-electron chi connectivity index (χ2n) is 5.76. The molecule has 114 valence electrons. The molecule has 2 aromatic heterocycles. The number of anilines is 1. The lowest BCUT2D eigenvalue weighted by atomic mass is 10.1. The molecule has 3 rings (SSSR count). The quantitative estimate of drug-likeness (QED) is 0.846. The molecule has 0 unspecified atom stereocenters. The van der Waals surface area contributed by atoms with Crippen molar-refractivity contribution in [3.63, 3.8) is 0 Å². The van der Waals surface area contributed by atoms with Crippen LogP contribution in [0.2, 0.25) is 0 Å². The van der Waals surface area contributed by atoms with E-state index >= 15 is 0 Å². The van der Waals surface area contributed by atoms with Gasteiger partial charge in [-0.05, 0) is 33.2 Å². The number of aromatic nitrogens is 3. The Hall–Kier alpha value is -1.05. The van der Waals surface area contributed by atoms with Crippen LogP contribution < -0.4 is 4.90 Å². The summed E-state index contributed by atoms with van der Waals surface area (Å²) in [6.07, 6.45) is 1.24. The number of rotatable bonds is 5. The summed E-state index contributed by atoms with van der Waals surface area (Å²) < 4.78 is 0. The van der Waals surface area contributed by atoms with Gasteiger partial charge in [0.2, 0.25) is 5.13 Å². The first kappa shape index (κ1) is 14.9. The molecule has 0 saturated carbocycles. The van der Waals surface area contributed by atoms with Crippen molar-refractivity contribution in [2.45, 2.75) is 26.8 Å². The average molecular weight is 323 g/mol. The Morgan fingerprint density at radius 2 is 2.24 bits per heavy atom. The summed E-state index contributed by atoms with van der Waals surface area (Å²) in [5.74, 6) is 0.715. The molecule has 5 nitrogen and oxygen atoms in total. The Balaban J connectivity index is 1.51. The third-order valence-electron chi connectivity index (χ3n) is 3.90. The zero-order chi connectivity index (χ0) is 14.8. The maximum Gasteiger partial charge on any atom is 0.208 e. The normalized spacial score (nSPS) is 18.9. The molecule has 1 saturated heterocycles. The van der Waals surface area contributed by atoms with E-state index in [1.165, 1.54) is 17.0 Å². The minimum Gasteiger partial charge on any atom is -0.346 e. The molecule has 0 aliphatic carbocycles. The number of nitrogens with zero attached hydrogens (tertiary/aromatic N) is 5. The van der Waals surface area contributed by atoms with Gasteiger partial charge in [0, 0.05) is 31.1 Å². The molecule has 2 aromatic rings. The van der Waals surface area contributed by atoms with E-state index in [4.69, 9.17) is 0 Å². The van der Waals surface area contributed by atoms with Gasteiger partial charge in [-0.3, -0.25) is 0 Å². The third-order valence-corrected chi connectivity index (χ3v) is 5.72. The Morgan fingerprint density at radius 3 is 2.90 bits per heavy atom. The zero-order valence-corrected chi connectivity index (χ0v) is 14.4. The van der Waals surface area contributed by atoms with Crippen molar-refractivity contribution >= 4 is 27.8 Å². The second kappa shape index (κ2) is 6.37. The molecule has 3 heterocycles. The van der Waals surface area contributed by atoms with E-state index in [2.05, 4.69) is 39.0 Å². The van der Waals surface area contributed by atoms with Gasteiger partial charge in [-0.15, -0.1) is 21.5 Å². The highest BCUT2D eigenvalue weighted by Crippen LogP contribution is 2.27. The average Bonchev–Trinajstić information content (AvgIpc) is 3.13. The lowest BCUT2D eigenvalue weighted by Crippen LogP contribution is -2.28. The van der Waals surface area contributed by atoms with Crippen LogP contribution in [0.5, 0.6) is 0 Å². The van der Waals surface area contributed by atoms with Crippen LogP contribution in [-0.4, -0.2) is 46.8 Å². The van der Waals surface area contributed by atoms with Gasteiger partial charge < -0.3 is 9.80 Å². The molecular formula is C14H21N5S2. The van der Waals surface area contributed by atoms with Gasteiger partial charge in [0.05, 0.1) is 11.2 Å². The largest absolute Gasteiger partial charge is 0.346 e. The molecule has 1 aliphatic rings. The van der Waals surface area contributed by atoms with Crippen LogP contribution in [0.1, 0.15) is 22.0 Å². The summed E-state index contributed by atoms with van der Waals surface area (Å²) in [5.41, 5.74) is 3.11. The Morgan fingerprint density at radius 1 is 1.38 bits per heavy atom. The molecule has 1 atom stereocenters. The van der Waals surface area contributed by atoms with E-state index in [-0.39, 0.29) is 0 Å². The zero-order valence-electron chi connectivity index (χ0n) is 12.7. The molecule has 0 N–H and O–H groups in total. The van der Waals surface area contributed by atoms with Crippen LogP contribution in [0.25, 0.3) is 0 Å². The molecule has 0 aromatic carbocycles. The van der Waals surface area contributed by atoms with E-state index in [1.807, 2.05) is 12.4 Å². The fourth-order valence-corrected chi connectivity index (χ4v) is 4.38. The van der Waals surface area contributed by atoms with E-state index in [0.29, 0.717) is 5.92 Å². The summed E-state index contributed by atoms with van der Waals surface area (Å²) in [5, 5.41) is 10.5. The predicted octanol–water partition coefficient (Wildman–Crippen LogP) is 2.57. The Labute approximate surface area is 133 Å². The smallest absolute Gasteiger partial charge is 0.208 e. The molecular weight excluding hydrogens is 302 g/mol. The highest BCUT2D eigenvalue weighted by molar-refractivity contribution is 7.15. The van der Waals surface area contributed by atoms with Crippen molar-refractivity contribution in [3.8, 4) is 0 Å². The molecule has 7 heteroatoms. The van der Waals surface area contributed by atoms with E-state index in [9.17, 15) is 0 Å². The lowest BCUT2D eigenvalue weighted by molar-refractivity contribution is 0.281. The summed E-state index contributed by atoms with van der Waals surface area (Å²) >= 11 is 3.45. The van der Waals surface area contributed by atoms with Gasteiger partial charge in [-0.1, -0.05) is 11.3 Å². The molecule has 0 spiro atoms. The SMILES string of the molecule is Cc1nnc(N2CC[C@H](CN(C)Cc3scnc3C)C2)s1. The van der Waals surface area contributed by atoms with Gasteiger partial charge >= 0.3 is 0 Å². The molecule has 1 fully saturated rings. The molecule has 0 amide bonds. The lowest BCUT2D eigenvalue weighted by Gasteiger charge is -2.21. The minimum absolute atomic E-state index is 0.715. The number of thiazole rings is 1. The molecule has 1 aliphatic heterocycles. The summed E-state index contributed by atoms with van der Waals surface area (Å²) in [6.45, 7) is 8.44. The highest BCUT2D eigenvalue weighted by atomic mass is 32.1. The fraction of sp³-hybridized carbons (Fsp3) is 0.643. The van der Waals surface area contributed by atoms with Crippen molar-refractivity contribution < 1.29 is 0 Å². The first-order valence-electron chi connectivity index (χ1n) is 7.24. The topological polar surface area (TPSA) is 45.2 Å². The van der Waals surface area contributed by atoms with Gasteiger partial charge in [-0.25, -0.2) is 4.98 Å². The second-order valence-corrected chi connectivity index (χ2v) is 7.86. The highest BCUT2D eigenvalue weighted by Gasteiger charge is 2.25. The van der Waals surface area contributed by atoms with Crippen molar-refractivity contribution in [3.05, 3.63) is 21.1 Å². The molecule has 21 heavy (non-hydrogen) atoms. The van der Waals surface area contributed by atoms with E-state index in [1.54, 1.807) is 22.7 Å². The van der Waals surface area contributed by atoms with Crippen molar-refractivity contribution in [1.29, 1.82) is 0 Å². The summed E-state index contributed by atoms with van der Waals surface area (Å²) in [4.78, 5) is 10.5. The monoisotopic (exact) mass is 323 g/mol. The molecule has 0 radical (unpaired) electrons. The van der Waals surface area contributed by atoms with Crippen LogP contribution in [0.3, 0.4) is 0 Å². The summed E-state index contributed by atoms with van der Waals surface area (Å²) in [6, 6.07) is 0. The number of aryl methyl sites for hydroxylation is 2.